The summed E-state index contributed by atoms with van der Waals surface area (Å²) in [6.07, 6.45) is 1.87. The highest BCUT2D eigenvalue weighted by molar-refractivity contribution is 5.96. The third-order valence-corrected chi connectivity index (χ3v) is 3.70. The fourth-order valence-electron chi connectivity index (χ4n) is 2.72. The van der Waals surface area contributed by atoms with E-state index >= 15 is 0 Å². The Labute approximate surface area is 138 Å². The molecule has 0 radical (unpaired) electrons. The monoisotopic (exact) mass is 317 g/mol. The fraction of sp³-hybridized carbons (Fsp3) is 0.556. The third kappa shape index (κ3) is 4.47. The van der Waals surface area contributed by atoms with Crippen molar-refractivity contribution in [2.45, 2.75) is 53.0 Å². The summed E-state index contributed by atoms with van der Waals surface area (Å²) in [6, 6.07) is 5.54. The standard InChI is InChI=1S/C18H27N3O2/c1-12(2)16(22)21-10-6-7-13-11-14(8-9-15(13)21)19-17(23)20-18(3,4)5/h8-9,11-12H,6-7,10H2,1-5H3,(H2,19,20,23). The van der Waals surface area contributed by atoms with E-state index in [-0.39, 0.29) is 23.4 Å². The summed E-state index contributed by atoms with van der Waals surface area (Å²) in [4.78, 5) is 26.2. The van der Waals surface area contributed by atoms with Crippen LogP contribution in [0.15, 0.2) is 18.2 Å². The van der Waals surface area contributed by atoms with Crippen molar-refractivity contribution < 1.29 is 9.59 Å². The molecule has 1 aromatic carbocycles. The van der Waals surface area contributed by atoms with Gasteiger partial charge < -0.3 is 15.5 Å². The number of hydrogen-bond acceptors (Lipinski definition) is 2. The Bertz CT molecular complexity index is 603. The lowest BCUT2D eigenvalue weighted by Crippen LogP contribution is -2.43. The van der Waals surface area contributed by atoms with Gasteiger partial charge >= 0.3 is 6.03 Å². The number of nitrogens with one attached hydrogen (secondary N) is 2. The predicted octanol–water partition coefficient (Wildman–Crippen LogP) is 3.54. The van der Waals surface area contributed by atoms with Crippen LogP contribution in [0.25, 0.3) is 0 Å². The number of hydrogen-bond donors (Lipinski definition) is 2. The average molecular weight is 317 g/mol. The van der Waals surface area contributed by atoms with E-state index in [9.17, 15) is 9.59 Å². The van der Waals surface area contributed by atoms with Crippen LogP contribution in [0.4, 0.5) is 16.2 Å². The van der Waals surface area contributed by atoms with Gasteiger partial charge in [0.2, 0.25) is 5.91 Å². The molecule has 0 aromatic heterocycles. The zero-order chi connectivity index (χ0) is 17.2. The highest BCUT2D eigenvalue weighted by atomic mass is 16.2. The summed E-state index contributed by atoms with van der Waals surface area (Å²) in [5.74, 6) is 0.133. The smallest absolute Gasteiger partial charge is 0.319 e. The van der Waals surface area contributed by atoms with Crippen molar-refractivity contribution in [2.75, 3.05) is 16.8 Å². The van der Waals surface area contributed by atoms with E-state index in [4.69, 9.17) is 0 Å². The van der Waals surface area contributed by atoms with Gasteiger partial charge in [0.1, 0.15) is 0 Å². The molecule has 1 aromatic rings. The minimum absolute atomic E-state index is 0.0173. The lowest BCUT2D eigenvalue weighted by molar-refractivity contribution is -0.121. The van der Waals surface area contributed by atoms with Crippen LogP contribution in [-0.2, 0) is 11.2 Å². The number of carbonyl (C=O) groups excluding carboxylic acids is 2. The van der Waals surface area contributed by atoms with Crippen LogP contribution in [0.1, 0.15) is 46.6 Å². The SMILES string of the molecule is CC(C)C(=O)N1CCCc2cc(NC(=O)NC(C)(C)C)ccc21. The Balaban J connectivity index is 2.16. The number of urea groups is 1. The first-order chi connectivity index (χ1) is 10.7. The molecule has 2 N–H and O–H groups in total. The first kappa shape index (κ1) is 17.3. The summed E-state index contributed by atoms with van der Waals surface area (Å²) < 4.78 is 0. The van der Waals surface area contributed by atoms with Crippen molar-refractivity contribution in [2.24, 2.45) is 5.92 Å². The molecular weight excluding hydrogens is 290 g/mol. The quantitative estimate of drug-likeness (QED) is 0.876. The minimum atomic E-state index is -0.279. The molecule has 0 saturated heterocycles. The average Bonchev–Trinajstić information content (AvgIpc) is 2.43. The molecular formula is C18H27N3O2. The summed E-state index contributed by atoms with van der Waals surface area (Å²) in [5.41, 5.74) is 2.55. The maximum Gasteiger partial charge on any atom is 0.319 e. The summed E-state index contributed by atoms with van der Waals surface area (Å²) in [7, 11) is 0. The zero-order valence-corrected chi connectivity index (χ0v) is 14.7. The van der Waals surface area contributed by atoms with E-state index in [1.54, 1.807) is 0 Å². The second kappa shape index (κ2) is 6.60. The number of carbonyl (C=O) groups is 2. The van der Waals surface area contributed by atoms with Crippen LogP contribution < -0.4 is 15.5 Å². The van der Waals surface area contributed by atoms with Gasteiger partial charge in [-0.1, -0.05) is 13.8 Å². The number of benzene rings is 1. The van der Waals surface area contributed by atoms with Crippen LogP contribution in [0.5, 0.6) is 0 Å². The van der Waals surface area contributed by atoms with Gasteiger partial charge in [0.05, 0.1) is 0 Å². The molecule has 126 valence electrons. The Morgan fingerprint density at radius 3 is 2.52 bits per heavy atom. The number of rotatable bonds is 2. The summed E-state index contributed by atoms with van der Waals surface area (Å²) in [5, 5.41) is 5.74. The predicted molar refractivity (Wildman–Crippen MR) is 93.9 cm³/mol. The summed E-state index contributed by atoms with van der Waals surface area (Å²) >= 11 is 0. The molecule has 0 fully saturated rings. The number of nitrogens with zero attached hydrogens (tertiary/aromatic N) is 1. The maximum absolute atomic E-state index is 12.3. The van der Waals surface area contributed by atoms with Crippen LogP contribution in [0.2, 0.25) is 0 Å². The van der Waals surface area contributed by atoms with Gasteiger partial charge in [-0.15, -0.1) is 0 Å². The van der Waals surface area contributed by atoms with Crippen LogP contribution in [-0.4, -0.2) is 24.0 Å². The zero-order valence-electron chi connectivity index (χ0n) is 14.7. The van der Waals surface area contributed by atoms with Gasteiger partial charge in [0.15, 0.2) is 0 Å². The number of aryl methyl sites for hydroxylation is 1. The van der Waals surface area contributed by atoms with E-state index in [1.807, 2.05) is 57.7 Å². The summed E-state index contributed by atoms with van der Waals surface area (Å²) in [6.45, 7) is 10.4. The van der Waals surface area contributed by atoms with E-state index < -0.39 is 0 Å². The molecule has 5 nitrogen and oxygen atoms in total. The van der Waals surface area contributed by atoms with Crippen LogP contribution in [0.3, 0.4) is 0 Å². The van der Waals surface area contributed by atoms with E-state index in [1.165, 1.54) is 0 Å². The van der Waals surface area contributed by atoms with E-state index in [0.717, 1.165) is 36.3 Å². The molecule has 0 spiro atoms. The van der Waals surface area contributed by atoms with Crippen molar-refractivity contribution in [3.05, 3.63) is 23.8 Å². The third-order valence-electron chi connectivity index (χ3n) is 3.70. The molecule has 0 saturated carbocycles. The molecule has 5 heteroatoms. The molecule has 1 aliphatic heterocycles. The second-order valence-corrected chi connectivity index (χ2v) is 7.42. The topological polar surface area (TPSA) is 61.4 Å². The molecule has 1 aliphatic rings. The van der Waals surface area contributed by atoms with Crippen molar-refractivity contribution in [1.82, 2.24) is 5.32 Å². The highest BCUT2D eigenvalue weighted by Crippen LogP contribution is 2.30. The molecule has 0 bridgehead atoms. The van der Waals surface area contributed by atoms with Gasteiger partial charge in [0.25, 0.3) is 0 Å². The maximum atomic E-state index is 12.3. The van der Waals surface area contributed by atoms with Gasteiger partial charge in [-0.05, 0) is 57.4 Å². The van der Waals surface area contributed by atoms with Gasteiger partial charge in [-0.2, -0.15) is 0 Å². The van der Waals surface area contributed by atoms with Gasteiger partial charge in [-0.25, -0.2) is 4.79 Å². The Hall–Kier alpha value is -2.04. The Morgan fingerprint density at radius 2 is 1.91 bits per heavy atom. The Morgan fingerprint density at radius 1 is 1.22 bits per heavy atom. The van der Waals surface area contributed by atoms with Crippen molar-refractivity contribution >= 4 is 23.3 Å². The lowest BCUT2D eigenvalue weighted by atomic mass is 9.99. The molecule has 23 heavy (non-hydrogen) atoms. The van der Waals surface area contributed by atoms with Crippen LogP contribution in [0, 0.1) is 5.92 Å². The normalized spacial score (nSPS) is 14.4. The van der Waals surface area contributed by atoms with E-state index in [0.29, 0.717) is 0 Å². The number of fused-ring (bicyclic) bond motifs is 1. The van der Waals surface area contributed by atoms with E-state index in [2.05, 4.69) is 10.6 Å². The highest BCUT2D eigenvalue weighted by Gasteiger charge is 2.24. The van der Waals surface area contributed by atoms with Crippen molar-refractivity contribution in [1.29, 1.82) is 0 Å². The molecule has 3 amide bonds. The first-order valence-electron chi connectivity index (χ1n) is 8.21. The fourth-order valence-corrected chi connectivity index (χ4v) is 2.72. The first-order valence-corrected chi connectivity index (χ1v) is 8.21. The molecule has 0 unspecified atom stereocenters. The molecule has 0 atom stereocenters. The number of anilines is 2. The molecule has 0 aliphatic carbocycles. The van der Waals surface area contributed by atoms with Gasteiger partial charge in [-0.3, -0.25) is 4.79 Å². The Kier molecular flexibility index (Phi) is 4.97. The largest absolute Gasteiger partial charge is 0.333 e. The van der Waals surface area contributed by atoms with Crippen molar-refractivity contribution in [3.8, 4) is 0 Å². The van der Waals surface area contributed by atoms with Gasteiger partial charge in [0, 0.05) is 29.4 Å². The number of amides is 3. The van der Waals surface area contributed by atoms with Crippen molar-refractivity contribution in [3.63, 3.8) is 0 Å². The van der Waals surface area contributed by atoms with Crippen LogP contribution >= 0.6 is 0 Å². The minimum Gasteiger partial charge on any atom is -0.333 e. The lowest BCUT2D eigenvalue weighted by Gasteiger charge is -2.31. The second-order valence-electron chi connectivity index (χ2n) is 7.42. The molecule has 2 rings (SSSR count). The molecule has 1 heterocycles.